The molecule has 2 atom stereocenters. The first kappa shape index (κ1) is 32.9. The van der Waals surface area contributed by atoms with Crippen molar-refractivity contribution in [1.29, 1.82) is 0 Å². The van der Waals surface area contributed by atoms with E-state index in [0.717, 1.165) is 18.5 Å². The maximum absolute atomic E-state index is 7.06. The molecule has 0 saturated carbocycles. The van der Waals surface area contributed by atoms with Crippen molar-refractivity contribution in [3.63, 3.8) is 0 Å². The Morgan fingerprint density at radius 1 is 0.686 bits per heavy atom. The van der Waals surface area contributed by atoms with Crippen LogP contribution < -0.4 is 0 Å². The first-order valence-corrected chi connectivity index (χ1v) is 27.5. The fraction of sp³-hybridized carbons (Fsp3) is 0.692. The van der Waals surface area contributed by atoms with E-state index >= 15 is 0 Å². The lowest BCUT2D eigenvalue weighted by atomic mass is 10.2. The van der Waals surface area contributed by atoms with Crippen molar-refractivity contribution < 1.29 is 16.5 Å². The van der Waals surface area contributed by atoms with E-state index in [1.807, 2.05) is 5.70 Å². The van der Waals surface area contributed by atoms with Gasteiger partial charge in [0, 0.05) is 0 Å². The smallest absolute Gasteiger partial charge is 0.343 e. The van der Waals surface area contributed by atoms with Crippen LogP contribution in [0.2, 0.25) is 70.5 Å². The van der Waals surface area contributed by atoms with E-state index in [0.29, 0.717) is 0 Å². The molecule has 2 unspecified atom stereocenters. The van der Waals surface area contributed by atoms with Crippen molar-refractivity contribution in [2.24, 2.45) is 0 Å². The molecule has 0 aliphatic rings. The maximum Gasteiger partial charge on any atom is 0.343 e. The normalized spacial score (nSPS) is 16.5. The molecule has 1 aromatic rings. The molecule has 9 heteroatoms. The van der Waals surface area contributed by atoms with E-state index in [9.17, 15) is 0 Å². The highest BCUT2D eigenvalue weighted by molar-refractivity contribution is 6.92. The van der Waals surface area contributed by atoms with Crippen molar-refractivity contribution in [3.05, 3.63) is 48.2 Å². The molecule has 0 fully saturated rings. The molecule has 202 valence electrons. The van der Waals surface area contributed by atoms with Gasteiger partial charge in [-0.25, -0.2) is 0 Å². The fourth-order valence-corrected chi connectivity index (χ4v) is 29.1. The van der Waals surface area contributed by atoms with Crippen molar-refractivity contribution >= 4 is 42.3 Å². The van der Waals surface area contributed by atoms with Gasteiger partial charge in [0.1, 0.15) is 0 Å². The number of rotatable bonds is 18. The van der Waals surface area contributed by atoms with Gasteiger partial charge in [-0.15, -0.1) is 6.58 Å². The Labute approximate surface area is 222 Å². The van der Waals surface area contributed by atoms with Gasteiger partial charge in [-0.2, -0.15) is 0 Å². The van der Waals surface area contributed by atoms with Crippen LogP contribution in [0, 0.1) is 0 Å². The molecule has 0 amide bonds. The van der Waals surface area contributed by atoms with Crippen LogP contribution in [0.1, 0.15) is 45.1 Å². The van der Waals surface area contributed by atoms with E-state index in [-0.39, 0.29) is 0 Å². The van der Waals surface area contributed by atoms with Crippen molar-refractivity contribution in [3.8, 4) is 0 Å². The minimum atomic E-state index is -2.71. The van der Waals surface area contributed by atoms with Gasteiger partial charge in [-0.3, -0.25) is 0 Å². The van der Waals surface area contributed by atoms with Crippen LogP contribution in [-0.2, 0) is 22.9 Å². The number of benzene rings is 1. The Hall–Kier alpha value is -0.116. The standard InChI is InChI=1S/C26H54O4Si5/c1-12-15-23-31(4,5)27-33(8,9)29-34(10,14-3)30-35(11,28-32(6,7)24-16-13-2)25-22-26-20-18-17-19-21-26/h14,17-21H,3,12-13,15-16,22-25H2,1-2,4-11H3. The Morgan fingerprint density at radius 3 is 1.69 bits per heavy atom. The van der Waals surface area contributed by atoms with E-state index in [1.54, 1.807) is 0 Å². The fourth-order valence-electron chi connectivity index (χ4n) is 4.74. The summed E-state index contributed by atoms with van der Waals surface area (Å²) in [7, 11) is -11.3. The molecule has 0 spiro atoms. The van der Waals surface area contributed by atoms with Gasteiger partial charge in [0.05, 0.1) is 0 Å². The third-order valence-electron chi connectivity index (χ3n) is 6.23. The highest BCUT2D eigenvalue weighted by Crippen LogP contribution is 2.31. The Kier molecular flexibility index (Phi) is 13.3. The summed E-state index contributed by atoms with van der Waals surface area (Å²) in [6.07, 6.45) is 5.77. The first-order valence-electron chi connectivity index (χ1n) is 13.6. The lowest BCUT2D eigenvalue weighted by Crippen LogP contribution is -2.60. The van der Waals surface area contributed by atoms with Crippen LogP contribution in [0.25, 0.3) is 0 Å². The van der Waals surface area contributed by atoms with Crippen molar-refractivity contribution in [2.75, 3.05) is 0 Å². The second-order valence-corrected chi connectivity index (χ2v) is 31.2. The molecule has 0 N–H and O–H groups in total. The molecular formula is C26H54O4Si5. The number of aryl methyl sites for hydroxylation is 1. The molecule has 0 saturated heterocycles. The zero-order chi connectivity index (χ0) is 26.8. The highest BCUT2D eigenvalue weighted by Gasteiger charge is 2.48. The molecule has 0 bridgehead atoms. The predicted molar refractivity (Wildman–Crippen MR) is 165 cm³/mol. The topological polar surface area (TPSA) is 36.9 Å². The van der Waals surface area contributed by atoms with Crippen molar-refractivity contribution in [2.45, 2.75) is 116 Å². The molecule has 0 heterocycles. The quantitative estimate of drug-likeness (QED) is 0.165. The van der Waals surface area contributed by atoms with Crippen LogP contribution >= 0.6 is 0 Å². The van der Waals surface area contributed by atoms with Gasteiger partial charge in [0.2, 0.25) is 0 Å². The summed E-state index contributed by atoms with van der Waals surface area (Å²) in [4.78, 5) is 0. The van der Waals surface area contributed by atoms with Gasteiger partial charge in [-0.05, 0) is 82.5 Å². The maximum atomic E-state index is 7.06. The predicted octanol–water partition coefficient (Wildman–Crippen LogP) is 8.88. The molecule has 0 aliphatic carbocycles. The van der Waals surface area contributed by atoms with Gasteiger partial charge in [0.15, 0.2) is 16.6 Å². The van der Waals surface area contributed by atoms with Gasteiger partial charge in [0.25, 0.3) is 0 Å². The van der Waals surface area contributed by atoms with Crippen LogP contribution in [-0.4, -0.2) is 42.3 Å². The van der Waals surface area contributed by atoms with Crippen molar-refractivity contribution in [1.82, 2.24) is 0 Å². The summed E-state index contributed by atoms with van der Waals surface area (Å²) in [6, 6.07) is 13.9. The van der Waals surface area contributed by atoms with E-state index in [4.69, 9.17) is 16.5 Å². The SMILES string of the molecule is C=C[Si](C)(O[Si](C)(C)O[Si](C)(C)CCCC)O[Si](C)(CCc1ccccc1)O[Si](C)(C)CCCC. The lowest BCUT2D eigenvalue weighted by Gasteiger charge is -2.44. The minimum absolute atomic E-state index is 0.916. The highest BCUT2D eigenvalue weighted by atomic mass is 28.5. The second kappa shape index (κ2) is 14.2. The summed E-state index contributed by atoms with van der Waals surface area (Å²) >= 11 is 0. The van der Waals surface area contributed by atoms with Crippen LogP contribution in [0.5, 0.6) is 0 Å². The monoisotopic (exact) mass is 570 g/mol. The molecule has 0 aromatic heterocycles. The summed E-state index contributed by atoms with van der Waals surface area (Å²) in [6.45, 7) is 26.7. The second-order valence-electron chi connectivity index (χ2n) is 11.9. The zero-order valence-electron chi connectivity index (χ0n) is 24.5. The first-order chi connectivity index (χ1) is 16.1. The molecule has 0 radical (unpaired) electrons. The third-order valence-corrected chi connectivity index (χ3v) is 26.3. The number of unbranched alkanes of at least 4 members (excludes halogenated alkanes) is 2. The Bertz CT molecular complexity index is 759. The Morgan fingerprint density at radius 2 is 1.20 bits per heavy atom. The summed E-state index contributed by atoms with van der Waals surface area (Å²) in [5, 5.41) is 0. The molecule has 4 nitrogen and oxygen atoms in total. The average Bonchev–Trinajstić information content (AvgIpc) is 2.74. The third kappa shape index (κ3) is 13.3. The largest absolute Gasteiger partial charge is 0.436 e. The van der Waals surface area contributed by atoms with Gasteiger partial charge < -0.3 is 16.5 Å². The summed E-state index contributed by atoms with van der Waals surface area (Å²) in [5.41, 5.74) is 3.28. The molecule has 35 heavy (non-hydrogen) atoms. The molecular weight excluding hydrogens is 517 g/mol. The minimum Gasteiger partial charge on any atom is -0.436 e. The summed E-state index contributed by atoms with van der Waals surface area (Å²) in [5.74, 6) is 0. The molecule has 1 rings (SSSR count). The summed E-state index contributed by atoms with van der Waals surface area (Å²) < 4.78 is 27.7. The van der Waals surface area contributed by atoms with Crippen LogP contribution in [0.3, 0.4) is 0 Å². The number of hydrogen-bond donors (Lipinski definition) is 0. The van der Waals surface area contributed by atoms with E-state index in [2.05, 4.69) is 103 Å². The average molecular weight is 571 g/mol. The van der Waals surface area contributed by atoms with Crippen LogP contribution in [0.4, 0.5) is 0 Å². The molecule has 0 aliphatic heterocycles. The van der Waals surface area contributed by atoms with E-state index in [1.165, 1.54) is 37.3 Å². The molecule has 1 aromatic carbocycles. The van der Waals surface area contributed by atoms with Gasteiger partial charge in [-0.1, -0.05) is 75.6 Å². The number of hydrogen-bond acceptors (Lipinski definition) is 4. The zero-order valence-corrected chi connectivity index (χ0v) is 29.5. The van der Waals surface area contributed by atoms with Crippen LogP contribution in [0.15, 0.2) is 42.6 Å². The van der Waals surface area contributed by atoms with E-state index < -0.39 is 42.3 Å². The lowest BCUT2D eigenvalue weighted by molar-refractivity contribution is 0.297. The van der Waals surface area contributed by atoms with Gasteiger partial charge >= 0.3 is 25.7 Å². The Balaban J connectivity index is 3.11.